The number of hydrogen-bond donors (Lipinski definition) is 2. The van der Waals surface area contributed by atoms with Gasteiger partial charge in [0.25, 0.3) is 0 Å². The second-order valence-electron chi connectivity index (χ2n) is 3.15. The van der Waals surface area contributed by atoms with E-state index in [1.165, 1.54) is 0 Å². The van der Waals surface area contributed by atoms with E-state index >= 15 is 0 Å². The molecule has 0 aliphatic rings. The van der Waals surface area contributed by atoms with Crippen molar-refractivity contribution >= 4 is 28.3 Å². The largest absolute Gasteiger partial charge is 0.508 e. The van der Waals surface area contributed by atoms with E-state index in [1.807, 2.05) is 19.1 Å². The van der Waals surface area contributed by atoms with E-state index in [4.69, 9.17) is 5.73 Å². The molecule has 0 heterocycles. The van der Waals surface area contributed by atoms with Crippen molar-refractivity contribution in [3.8, 4) is 5.75 Å². The van der Waals surface area contributed by atoms with Gasteiger partial charge in [0.1, 0.15) is 5.75 Å². The third-order valence-electron chi connectivity index (χ3n) is 2.05. The van der Waals surface area contributed by atoms with E-state index in [9.17, 15) is 5.11 Å². The van der Waals surface area contributed by atoms with Gasteiger partial charge in [-0.05, 0) is 36.6 Å². The Labute approximate surface area is 99.0 Å². The minimum absolute atomic E-state index is 0. The van der Waals surface area contributed by atoms with Crippen LogP contribution in [0.2, 0.25) is 0 Å². The molecule has 0 spiro atoms. The number of rotatable bonds is 3. The van der Waals surface area contributed by atoms with Crippen LogP contribution in [0.1, 0.15) is 18.9 Å². The molecule has 1 rings (SSSR count). The predicted molar refractivity (Wildman–Crippen MR) is 65.0 cm³/mol. The highest BCUT2D eigenvalue weighted by Gasteiger charge is 2.06. The summed E-state index contributed by atoms with van der Waals surface area (Å²) in [5, 5.41) is 9.50. The molecule has 1 aromatic carbocycles. The molecule has 3 N–H and O–H groups in total. The molecule has 0 aliphatic carbocycles. The topological polar surface area (TPSA) is 46.2 Å². The smallest absolute Gasteiger partial charge is 0.118 e. The van der Waals surface area contributed by atoms with Crippen molar-refractivity contribution in [3.63, 3.8) is 0 Å². The molecule has 0 radical (unpaired) electrons. The highest BCUT2D eigenvalue weighted by Crippen LogP contribution is 2.23. The van der Waals surface area contributed by atoms with Gasteiger partial charge in [-0.2, -0.15) is 0 Å². The van der Waals surface area contributed by atoms with E-state index in [0.717, 1.165) is 22.9 Å². The summed E-state index contributed by atoms with van der Waals surface area (Å²) in [7, 11) is 0. The number of benzene rings is 1. The van der Waals surface area contributed by atoms with Gasteiger partial charge < -0.3 is 10.8 Å². The summed E-state index contributed by atoms with van der Waals surface area (Å²) < 4.78 is 0.976. The molecule has 1 aromatic rings. The van der Waals surface area contributed by atoms with E-state index in [2.05, 4.69) is 15.9 Å². The molecule has 0 saturated heterocycles. The van der Waals surface area contributed by atoms with Gasteiger partial charge in [0.15, 0.2) is 0 Å². The summed E-state index contributed by atoms with van der Waals surface area (Å²) >= 11 is 3.36. The van der Waals surface area contributed by atoms with Gasteiger partial charge in [-0.15, -0.1) is 12.4 Å². The Morgan fingerprint density at radius 2 is 2.14 bits per heavy atom. The van der Waals surface area contributed by atoms with E-state index in [-0.39, 0.29) is 18.4 Å². The van der Waals surface area contributed by atoms with Crippen molar-refractivity contribution in [3.05, 3.63) is 28.2 Å². The number of halogens is 2. The van der Waals surface area contributed by atoms with Crippen LogP contribution in [-0.2, 0) is 6.42 Å². The maximum Gasteiger partial charge on any atom is 0.118 e. The van der Waals surface area contributed by atoms with Crippen molar-refractivity contribution in [2.75, 3.05) is 0 Å². The lowest BCUT2D eigenvalue weighted by Crippen LogP contribution is -2.21. The summed E-state index contributed by atoms with van der Waals surface area (Å²) in [6.07, 6.45) is 1.65. The minimum Gasteiger partial charge on any atom is -0.508 e. The second-order valence-corrected chi connectivity index (χ2v) is 4.06. The van der Waals surface area contributed by atoms with E-state index in [1.54, 1.807) is 6.07 Å². The average molecular weight is 281 g/mol. The molecule has 1 atom stereocenters. The van der Waals surface area contributed by atoms with Crippen molar-refractivity contribution in [2.24, 2.45) is 5.73 Å². The number of phenols is 1. The Kier molecular flexibility index (Phi) is 6.16. The van der Waals surface area contributed by atoms with Crippen LogP contribution in [0.25, 0.3) is 0 Å². The first-order valence-corrected chi connectivity index (χ1v) is 5.15. The third kappa shape index (κ3) is 3.86. The zero-order valence-corrected chi connectivity index (χ0v) is 10.4. The fourth-order valence-electron chi connectivity index (χ4n) is 1.14. The zero-order valence-electron chi connectivity index (χ0n) is 8.03. The molecule has 0 aromatic heterocycles. The van der Waals surface area contributed by atoms with E-state index in [0.29, 0.717) is 5.75 Å². The summed E-state index contributed by atoms with van der Waals surface area (Å²) in [5.41, 5.74) is 6.70. The number of aromatic hydroxyl groups is 1. The molecule has 0 saturated carbocycles. The highest BCUT2D eigenvalue weighted by atomic mass is 79.9. The van der Waals surface area contributed by atoms with Crippen LogP contribution >= 0.6 is 28.3 Å². The predicted octanol–water partition coefficient (Wildman–Crippen LogP) is 2.86. The SMILES string of the molecule is CCC(N)Cc1cc(Br)ccc1O.Cl. The molecule has 4 heteroatoms. The molecule has 2 nitrogen and oxygen atoms in total. The quantitative estimate of drug-likeness (QED) is 0.894. The zero-order chi connectivity index (χ0) is 9.84. The first-order chi connectivity index (χ1) is 6.13. The molecule has 0 aliphatic heterocycles. The van der Waals surface area contributed by atoms with Gasteiger partial charge in [0, 0.05) is 10.5 Å². The minimum atomic E-state index is 0. The molecular formula is C10H15BrClNO. The first-order valence-electron chi connectivity index (χ1n) is 4.36. The van der Waals surface area contributed by atoms with Crippen LogP contribution in [-0.4, -0.2) is 11.1 Å². The van der Waals surface area contributed by atoms with Gasteiger partial charge in [-0.1, -0.05) is 22.9 Å². The van der Waals surface area contributed by atoms with Gasteiger partial charge in [0.2, 0.25) is 0 Å². The highest BCUT2D eigenvalue weighted by molar-refractivity contribution is 9.10. The fraction of sp³-hybridized carbons (Fsp3) is 0.400. The third-order valence-corrected chi connectivity index (χ3v) is 2.54. The van der Waals surface area contributed by atoms with Crippen molar-refractivity contribution in [1.82, 2.24) is 0 Å². The lowest BCUT2D eigenvalue weighted by atomic mass is 10.0. The van der Waals surface area contributed by atoms with Crippen molar-refractivity contribution in [2.45, 2.75) is 25.8 Å². The maximum atomic E-state index is 9.50. The molecule has 1 unspecified atom stereocenters. The van der Waals surface area contributed by atoms with Crippen LogP contribution in [0.5, 0.6) is 5.75 Å². The molecule has 0 fully saturated rings. The van der Waals surface area contributed by atoms with Crippen LogP contribution in [0.4, 0.5) is 0 Å². The first kappa shape index (κ1) is 13.8. The monoisotopic (exact) mass is 279 g/mol. The standard InChI is InChI=1S/C10H14BrNO.ClH/c1-2-9(12)6-7-5-8(11)3-4-10(7)13;/h3-5,9,13H,2,6,12H2,1H3;1H. The summed E-state index contributed by atoms with van der Waals surface area (Å²) in [4.78, 5) is 0. The number of hydrogen-bond acceptors (Lipinski definition) is 2. The van der Waals surface area contributed by atoms with Crippen molar-refractivity contribution in [1.29, 1.82) is 0 Å². The molecule has 14 heavy (non-hydrogen) atoms. The lowest BCUT2D eigenvalue weighted by molar-refractivity contribution is 0.463. The van der Waals surface area contributed by atoms with Gasteiger partial charge in [-0.25, -0.2) is 0 Å². The summed E-state index contributed by atoms with van der Waals surface area (Å²) in [6, 6.07) is 5.53. The van der Waals surface area contributed by atoms with E-state index < -0.39 is 0 Å². The van der Waals surface area contributed by atoms with Crippen molar-refractivity contribution < 1.29 is 5.11 Å². The fourth-order valence-corrected chi connectivity index (χ4v) is 1.55. The van der Waals surface area contributed by atoms with Gasteiger partial charge in [-0.3, -0.25) is 0 Å². The molecule has 0 bridgehead atoms. The lowest BCUT2D eigenvalue weighted by Gasteiger charge is -2.10. The summed E-state index contributed by atoms with van der Waals surface area (Å²) in [6.45, 7) is 2.04. The summed E-state index contributed by atoms with van der Waals surface area (Å²) in [5.74, 6) is 0.326. The van der Waals surface area contributed by atoms with Crippen LogP contribution in [0, 0.1) is 0 Å². The molecule has 80 valence electrons. The molecular weight excluding hydrogens is 265 g/mol. The normalized spacial score (nSPS) is 11.9. The Morgan fingerprint density at radius 1 is 1.50 bits per heavy atom. The average Bonchev–Trinajstić information content (AvgIpc) is 2.11. The number of nitrogens with two attached hydrogens (primary N) is 1. The number of phenolic OH excluding ortho intramolecular Hbond substituents is 1. The van der Waals surface area contributed by atoms with Gasteiger partial charge >= 0.3 is 0 Å². The van der Waals surface area contributed by atoms with Crippen LogP contribution < -0.4 is 5.73 Å². The van der Waals surface area contributed by atoms with Crippen LogP contribution in [0.3, 0.4) is 0 Å². The van der Waals surface area contributed by atoms with Gasteiger partial charge in [0.05, 0.1) is 0 Å². The second kappa shape index (κ2) is 6.27. The Balaban J connectivity index is 0.00000169. The maximum absolute atomic E-state index is 9.50. The van der Waals surface area contributed by atoms with Crippen LogP contribution in [0.15, 0.2) is 22.7 Å². The Morgan fingerprint density at radius 3 is 2.71 bits per heavy atom. The Hall–Kier alpha value is -0.250. The Bertz CT molecular complexity index is 293. The molecule has 0 amide bonds.